The molecule has 12 heteroatoms. The number of thioether (sulfide) groups is 1. The van der Waals surface area contributed by atoms with Gasteiger partial charge in [-0.3, -0.25) is 14.5 Å². The highest BCUT2D eigenvalue weighted by Crippen LogP contribution is 2.29. The molecule has 1 aliphatic carbocycles. The Balaban J connectivity index is 1.53. The molecule has 1 heterocycles. The number of fused-ring (bicyclic) bond motifs is 1. The van der Waals surface area contributed by atoms with Crippen molar-refractivity contribution in [1.82, 2.24) is 15.5 Å². The van der Waals surface area contributed by atoms with Crippen LogP contribution in [0.15, 0.2) is 42.5 Å². The maximum Gasteiger partial charge on any atom is 0.242 e. The Morgan fingerprint density at radius 2 is 1.71 bits per heavy atom. The lowest BCUT2D eigenvalue weighted by Crippen LogP contribution is -2.57. The second-order valence-corrected chi connectivity index (χ2v) is 16.8. The summed E-state index contributed by atoms with van der Waals surface area (Å²) in [6.45, 7) is 4.32. The summed E-state index contributed by atoms with van der Waals surface area (Å²) in [5.74, 6) is -1.32. The number of nitrogens with one attached hydrogen (secondary N) is 2. The van der Waals surface area contributed by atoms with Crippen LogP contribution in [0.5, 0.6) is 0 Å². The minimum atomic E-state index is -3.52. The van der Waals surface area contributed by atoms with Gasteiger partial charge in [0.2, 0.25) is 11.8 Å². The van der Waals surface area contributed by atoms with Gasteiger partial charge in [-0.05, 0) is 53.5 Å². The number of carbonyl (C=O) groups is 2. The van der Waals surface area contributed by atoms with Crippen molar-refractivity contribution in [1.29, 1.82) is 0 Å². The lowest BCUT2D eigenvalue weighted by Gasteiger charge is -2.35. The predicted molar refractivity (Wildman–Crippen MR) is 193 cm³/mol. The van der Waals surface area contributed by atoms with E-state index in [1.807, 2.05) is 48.7 Å². The van der Waals surface area contributed by atoms with Crippen LogP contribution in [-0.2, 0) is 30.6 Å². The molecule has 1 saturated heterocycles. The fraction of sp³-hybridized carbons (Fsp3) is 0.667. The quantitative estimate of drug-likeness (QED) is 0.184. The molecule has 0 radical (unpaired) electrons. The van der Waals surface area contributed by atoms with Gasteiger partial charge < -0.3 is 25.6 Å². The van der Waals surface area contributed by atoms with Gasteiger partial charge in [0, 0.05) is 25.4 Å². The normalized spacial score (nSPS) is 19.7. The minimum absolute atomic E-state index is 0.0871. The third-order valence-corrected chi connectivity index (χ3v) is 12.3. The molecule has 5 atom stereocenters. The Bertz CT molecular complexity index is 1410. The molecule has 0 aromatic heterocycles. The van der Waals surface area contributed by atoms with Crippen molar-refractivity contribution in [3.8, 4) is 0 Å². The first-order valence-corrected chi connectivity index (χ1v) is 20.7. The summed E-state index contributed by atoms with van der Waals surface area (Å²) in [7, 11) is -3.52. The highest BCUT2D eigenvalue weighted by Gasteiger charge is 2.35. The van der Waals surface area contributed by atoms with Crippen LogP contribution < -0.4 is 10.6 Å². The summed E-state index contributed by atoms with van der Waals surface area (Å²) in [5.41, 5.74) is 0.870. The number of aliphatic hydroxyl groups is 2. The number of aliphatic hydroxyl groups excluding tert-OH is 2. The van der Waals surface area contributed by atoms with E-state index in [4.69, 9.17) is 4.74 Å². The molecule has 268 valence electrons. The molecule has 48 heavy (non-hydrogen) atoms. The van der Waals surface area contributed by atoms with E-state index in [1.165, 1.54) is 6.42 Å². The molecule has 1 aliphatic heterocycles. The Morgan fingerprint density at radius 3 is 2.42 bits per heavy atom. The zero-order valence-corrected chi connectivity index (χ0v) is 30.2. The third kappa shape index (κ3) is 11.7. The molecule has 2 fully saturated rings. The summed E-state index contributed by atoms with van der Waals surface area (Å²) < 4.78 is 31.1. The molecule has 0 spiro atoms. The van der Waals surface area contributed by atoms with E-state index in [1.54, 1.807) is 18.7 Å². The number of hydrogen-bond acceptors (Lipinski definition) is 9. The minimum Gasteiger partial charge on any atom is -0.389 e. The molecule has 1 saturated carbocycles. The number of nitrogens with zero attached hydrogens (tertiary/aromatic N) is 1. The number of amides is 2. The standard InChI is InChI=1S/C36H55N3O7S2/c1-3-48(44,45)25-29(23-28-14-9-13-27-12-7-8-15-30(27)28)35(42)37-31(16-21-47-2)36(43)38-32(22-26-10-5-4-6-11-26)34(41)33(40)24-39-17-19-46-20-18-39/h7-9,12-15,26,29,31-34,40-41H,3-6,10-11,16-25H2,1-2H3,(H,37,42)(H,38,43)/t29-,31+,32+,33+,34-/m1/s1. The lowest BCUT2D eigenvalue weighted by atomic mass is 9.83. The molecule has 2 aromatic rings. The van der Waals surface area contributed by atoms with Crippen LogP contribution in [0.3, 0.4) is 0 Å². The van der Waals surface area contributed by atoms with E-state index in [2.05, 4.69) is 15.5 Å². The van der Waals surface area contributed by atoms with Gasteiger partial charge in [0.25, 0.3) is 0 Å². The fourth-order valence-corrected chi connectivity index (χ4v) is 8.54. The van der Waals surface area contributed by atoms with Crippen LogP contribution >= 0.6 is 11.8 Å². The van der Waals surface area contributed by atoms with Gasteiger partial charge in [-0.15, -0.1) is 0 Å². The second-order valence-electron chi connectivity index (χ2n) is 13.4. The van der Waals surface area contributed by atoms with Gasteiger partial charge in [0.05, 0.1) is 37.0 Å². The first-order valence-electron chi connectivity index (χ1n) is 17.5. The highest BCUT2D eigenvalue weighted by atomic mass is 32.2. The summed E-state index contributed by atoms with van der Waals surface area (Å²) >= 11 is 1.55. The molecule has 0 bridgehead atoms. The molecule has 2 aliphatic rings. The summed E-state index contributed by atoms with van der Waals surface area (Å²) in [5, 5.41) is 30.5. The van der Waals surface area contributed by atoms with Crippen molar-refractivity contribution in [2.24, 2.45) is 11.8 Å². The van der Waals surface area contributed by atoms with Gasteiger partial charge in [-0.1, -0.05) is 81.5 Å². The summed E-state index contributed by atoms with van der Waals surface area (Å²) in [6.07, 6.45) is 6.13. The van der Waals surface area contributed by atoms with Gasteiger partial charge in [-0.25, -0.2) is 8.42 Å². The Labute approximate surface area is 290 Å². The average molecular weight is 706 g/mol. The predicted octanol–water partition coefficient (Wildman–Crippen LogP) is 3.18. The van der Waals surface area contributed by atoms with Crippen molar-refractivity contribution in [2.75, 3.05) is 56.4 Å². The zero-order chi connectivity index (χ0) is 34.5. The Kier molecular flexibility index (Phi) is 15.5. The number of ether oxygens (including phenoxy) is 1. The van der Waals surface area contributed by atoms with Crippen LogP contribution in [0.1, 0.15) is 57.4 Å². The van der Waals surface area contributed by atoms with Crippen molar-refractivity contribution < 1.29 is 33.0 Å². The maximum atomic E-state index is 14.0. The van der Waals surface area contributed by atoms with E-state index in [-0.39, 0.29) is 24.5 Å². The molecule has 10 nitrogen and oxygen atoms in total. The summed E-state index contributed by atoms with van der Waals surface area (Å²) in [6, 6.07) is 12.0. The van der Waals surface area contributed by atoms with Gasteiger partial charge in [0.1, 0.15) is 12.1 Å². The first kappa shape index (κ1) is 38.6. The van der Waals surface area contributed by atoms with E-state index < -0.39 is 51.9 Å². The molecule has 0 unspecified atom stereocenters. The third-order valence-electron chi connectivity index (χ3n) is 9.85. The van der Waals surface area contributed by atoms with Gasteiger partial charge in [0.15, 0.2) is 9.84 Å². The molecule has 4 rings (SSSR count). The highest BCUT2D eigenvalue weighted by molar-refractivity contribution is 7.98. The van der Waals surface area contributed by atoms with Crippen molar-refractivity contribution in [2.45, 2.75) is 82.6 Å². The number of β-amino-alcohol motifs (C(OH)–C–C–N with tert-alkyl or cyclic N) is 1. The SMILES string of the molecule is CCS(=O)(=O)C[C@@H](Cc1cccc2ccccc12)C(=O)N[C@@H](CCSC)C(=O)N[C@@H](CC1CCCCC1)[C@@H](O)[C@@H](O)CN1CCOCC1. The van der Waals surface area contributed by atoms with Crippen LogP contribution in [0.25, 0.3) is 10.8 Å². The van der Waals surface area contributed by atoms with E-state index in [9.17, 15) is 28.2 Å². The van der Waals surface area contributed by atoms with Crippen LogP contribution in [0, 0.1) is 11.8 Å². The topological polar surface area (TPSA) is 145 Å². The number of carbonyl (C=O) groups excluding carboxylic acids is 2. The number of sulfone groups is 1. The second kappa shape index (κ2) is 19.2. The van der Waals surface area contributed by atoms with E-state index in [0.29, 0.717) is 50.8 Å². The Morgan fingerprint density at radius 1 is 1.00 bits per heavy atom. The van der Waals surface area contributed by atoms with Crippen LogP contribution in [-0.4, -0.2) is 116 Å². The van der Waals surface area contributed by atoms with E-state index in [0.717, 1.165) is 42.0 Å². The molecule has 2 amide bonds. The average Bonchev–Trinajstić information content (AvgIpc) is 3.10. The molecular formula is C36H55N3O7S2. The van der Waals surface area contributed by atoms with Crippen molar-refractivity contribution in [3.63, 3.8) is 0 Å². The molecule has 2 aromatic carbocycles. The molecular weight excluding hydrogens is 651 g/mol. The van der Waals surface area contributed by atoms with Gasteiger partial charge >= 0.3 is 0 Å². The zero-order valence-electron chi connectivity index (χ0n) is 28.5. The number of morpholine rings is 1. The lowest BCUT2D eigenvalue weighted by molar-refractivity contribution is -0.132. The van der Waals surface area contributed by atoms with Crippen molar-refractivity contribution in [3.05, 3.63) is 48.0 Å². The number of rotatable bonds is 18. The van der Waals surface area contributed by atoms with E-state index >= 15 is 0 Å². The maximum absolute atomic E-state index is 14.0. The monoisotopic (exact) mass is 705 g/mol. The summed E-state index contributed by atoms with van der Waals surface area (Å²) in [4.78, 5) is 30.0. The number of benzene rings is 2. The van der Waals surface area contributed by atoms with Crippen molar-refractivity contribution >= 4 is 44.2 Å². The Hall–Kier alpha value is -2.22. The van der Waals surface area contributed by atoms with Crippen LogP contribution in [0.2, 0.25) is 0 Å². The largest absolute Gasteiger partial charge is 0.389 e. The first-order chi connectivity index (χ1) is 23.1. The molecule has 4 N–H and O–H groups in total. The van der Waals surface area contributed by atoms with Gasteiger partial charge in [-0.2, -0.15) is 11.8 Å². The number of hydrogen-bond donors (Lipinski definition) is 4. The fourth-order valence-electron chi connectivity index (χ4n) is 6.96. The smallest absolute Gasteiger partial charge is 0.242 e. The van der Waals surface area contributed by atoms with Crippen LogP contribution in [0.4, 0.5) is 0 Å².